The summed E-state index contributed by atoms with van der Waals surface area (Å²) < 4.78 is 0. The van der Waals surface area contributed by atoms with Crippen LogP contribution < -0.4 is 0 Å². The normalized spacial score (nSPS) is 12.1. The average molecular weight is 188 g/mol. The van der Waals surface area contributed by atoms with E-state index in [2.05, 4.69) is 0 Å². The standard InChI is InChI=1S/C8H12O5/c1-5(9)4-6(8(12)13)2-3-7(10)11/h6H,2-4H2,1H3,(H,10,11)(H,12,13). The van der Waals surface area contributed by atoms with E-state index in [0.29, 0.717) is 0 Å². The molecule has 0 amide bonds. The van der Waals surface area contributed by atoms with Crippen molar-refractivity contribution in [2.75, 3.05) is 0 Å². The van der Waals surface area contributed by atoms with Crippen molar-refractivity contribution in [1.82, 2.24) is 0 Å². The molecular weight excluding hydrogens is 176 g/mol. The molecule has 0 aromatic heterocycles. The van der Waals surface area contributed by atoms with E-state index in [9.17, 15) is 14.4 Å². The third kappa shape index (κ3) is 5.84. The lowest BCUT2D eigenvalue weighted by Crippen LogP contribution is -2.17. The van der Waals surface area contributed by atoms with E-state index in [0.717, 1.165) is 0 Å². The molecule has 0 saturated heterocycles. The molecule has 13 heavy (non-hydrogen) atoms. The highest BCUT2D eigenvalue weighted by atomic mass is 16.4. The third-order valence-corrected chi connectivity index (χ3v) is 1.59. The van der Waals surface area contributed by atoms with Gasteiger partial charge >= 0.3 is 11.9 Å². The zero-order valence-corrected chi connectivity index (χ0v) is 7.32. The van der Waals surface area contributed by atoms with E-state index in [1.165, 1.54) is 6.92 Å². The zero-order chi connectivity index (χ0) is 10.4. The number of carbonyl (C=O) groups is 3. The summed E-state index contributed by atoms with van der Waals surface area (Å²) in [7, 11) is 0. The van der Waals surface area contributed by atoms with Crippen LogP contribution in [0.1, 0.15) is 26.2 Å². The largest absolute Gasteiger partial charge is 0.481 e. The van der Waals surface area contributed by atoms with Gasteiger partial charge < -0.3 is 15.0 Å². The predicted molar refractivity (Wildman–Crippen MR) is 43.3 cm³/mol. The molecule has 0 fully saturated rings. The van der Waals surface area contributed by atoms with Crippen molar-refractivity contribution in [3.63, 3.8) is 0 Å². The number of aliphatic carboxylic acids is 2. The minimum Gasteiger partial charge on any atom is -0.481 e. The zero-order valence-electron chi connectivity index (χ0n) is 7.32. The van der Waals surface area contributed by atoms with Gasteiger partial charge in [0.25, 0.3) is 0 Å². The fraction of sp³-hybridized carbons (Fsp3) is 0.625. The van der Waals surface area contributed by atoms with Gasteiger partial charge in [-0.1, -0.05) is 0 Å². The molecule has 0 aromatic carbocycles. The van der Waals surface area contributed by atoms with Crippen LogP contribution in [-0.2, 0) is 14.4 Å². The molecule has 0 bridgehead atoms. The first-order chi connectivity index (χ1) is 5.93. The summed E-state index contributed by atoms with van der Waals surface area (Å²) in [5.41, 5.74) is 0. The lowest BCUT2D eigenvalue weighted by Gasteiger charge is -2.07. The molecule has 0 rings (SSSR count). The Balaban J connectivity index is 4.02. The van der Waals surface area contributed by atoms with Gasteiger partial charge in [-0.15, -0.1) is 0 Å². The van der Waals surface area contributed by atoms with Crippen molar-refractivity contribution in [1.29, 1.82) is 0 Å². The van der Waals surface area contributed by atoms with E-state index < -0.39 is 17.9 Å². The van der Waals surface area contributed by atoms with E-state index in [-0.39, 0.29) is 25.0 Å². The Morgan fingerprint density at radius 2 is 1.77 bits per heavy atom. The Hall–Kier alpha value is -1.39. The summed E-state index contributed by atoms with van der Waals surface area (Å²) in [5.74, 6) is -3.27. The molecule has 5 heteroatoms. The molecule has 0 heterocycles. The maximum Gasteiger partial charge on any atom is 0.306 e. The molecule has 0 aromatic rings. The maximum atomic E-state index is 10.6. The van der Waals surface area contributed by atoms with Crippen LogP contribution in [0.3, 0.4) is 0 Å². The van der Waals surface area contributed by atoms with Gasteiger partial charge in [0.2, 0.25) is 0 Å². The van der Waals surface area contributed by atoms with Crippen LogP contribution >= 0.6 is 0 Å². The van der Waals surface area contributed by atoms with Gasteiger partial charge in [-0.2, -0.15) is 0 Å². The SMILES string of the molecule is CC(=O)CC(CCC(=O)O)C(=O)O. The fourth-order valence-corrected chi connectivity index (χ4v) is 0.958. The first-order valence-corrected chi connectivity index (χ1v) is 3.87. The highest BCUT2D eigenvalue weighted by Crippen LogP contribution is 2.11. The first-order valence-electron chi connectivity index (χ1n) is 3.87. The minimum atomic E-state index is -1.11. The Morgan fingerprint density at radius 1 is 1.23 bits per heavy atom. The summed E-state index contributed by atoms with van der Waals surface area (Å²) >= 11 is 0. The van der Waals surface area contributed by atoms with Crippen molar-refractivity contribution >= 4 is 17.7 Å². The number of hydrogen-bond acceptors (Lipinski definition) is 3. The number of carboxylic acids is 2. The Bertz CT molecular complexity index is 221. The molecular formula is C8H12O5. The van der Waals surface area contributed by atoms with E-state index >= 15 is 0 Å². The summed E-state index contributed by atoms with van der Waals surface area (Å²) in [6, 6.07) is 0. The van der Waals surface area contributed by atoms with Gasteiger partial charge in [-0.05, 0) is 13.3 Å². The van der Waals surface area contributed by atoms with E-state index in [1.54, 1.807) is 0 Å². The van der Waals surface area contributed by atoms with Crippen LogP contribution in [0.5, 0.6) is 0 Å². The molecule has 1 atom stereocenters. The quantitative estimate of drug-likeness (QED) is 0.634. The van der Waals surface area contributed by atoms with Crippen LogP contribution in [0.15, 0.2) is 0 Å². The molecule has 0 spiro atoms. The molecule has 0 saturated carbocycles. The lowest BCUT2D eigenvalue weighted by atomic mass is 9.98. The fourth-order valence-electron chi connectivity index (χ4n) is 0.958. The summed E-state index contributed by atoms with van der Waals surface area (Å²) in [5, 5.41) is 16.9. The monoisotopic (exact) mass is 188 g/mol. The number of ketones is 1. The second kappa shape index (κ2) is 5.29. The molecule has 2 N–H and O–H groups in total. The van der Waals surface area contributed by atoms with E-state index in [1.807, 2.05) is 0 Å². The van der Waals surface area contributed by atoms with Crippen LogP contribution in [0.25, 0.3) is 0 Å². The van der Waals surface area contributed by atoms with Crippen molar-refractivity contribution in [2.24, 2.45) is 5.92 Å². The van der Waals surface area contributed by atoms with Crippen molar-refractivity contribution in [2.45, 2.75) is 26.2 Å². The predicted octanol–water partition coefficient (Wildman–Crippen LogP) is 0.531. The second-order valence-corrected chi connectivity index (χ2v) is 2.87. The maximum absolute atomic E-state index is 10.6. The average Bonchev–Trinajstić information content (AvgIpc) is 1.96. The topological polar surface area (TPSA) is 91.7 Å². The van der Waals surface area contributed by atoms with Gasteiger partial charge in [-0.3, -0.25) is 9.59 Å². The van der Waals surface area contributed by atoms with Crippen molar-refractivity contribution < 1.29 is 24.6 Å². The van der Waals surface area contributed by atoms with Crippen LogP contribution in [0.4, 0.5) is 0 Å². The van der Waals surface area contributed by atoms with Gasteiger partial charge in [-0.25, -0.2) is 0 Å². The Morgan fingerprint density at radius 3 is 2.08 bits per heavy atom. The van der Waals surface area contributed by atoms with Crippen LogP contribution in [-0.4, -0.2) is 27.9 Å². The number of hydrogen-bond donors (Lipinski definition) is 2. The number of carbonyl (C=O) groups excluding carboxylic acids is 1. The molecule has 0 aliphatic rings. The van der Waals surface area contributed by atoms with Gasteiger partial charge in [0.05, 0.1) is 5.92 Å². The summed E-state index contributed by atoms with van der Waals surface area (Å²) in [6.45, 7) is 1.29. The van der Waals surface area contributed by atoms with Gasteiger partial charge in [0, 0.05) is 12.8 Å². The minimum absolute atomic E-state index is 0.00421. The molecule has 0 radical (unpaired) electrons. The number of Topliss-reactive ketones (excluding diaryl/α,β-unsaturated/α-hetero) is 1. The number of rotatable bonds is 6. The Kier molecular flexibility index (Phi) is 4.72. The van der Waals surface area contributed by atoms with Crippen LogP contribution in [0, 0.1) is 5.92 Å². The lowest BCUT2D eigenvalue weighted by molar-refractivity contribution is -0.144. The van der Waals surface area contributed by atoms with Crippen LogP contribution in [0.2, 0.25) is 0 Å². The van der Waals surface area contributed by atoms with Crippen molar-refractivity contribution in [3.05, 3.63) is 0 Å². The van der Waals surface area contributed by atoms with Crippen molar-refractivity contribution in [3.8, 4) is 0 Å². The summed E-state index contributed by atoms with van der Waals surface area (Å²) in [6.07, 6.45) is -0.308. The first kappa shape index (κ1) is 11.6. The Labute approximate surface area is 75.4 Å². The van der Waals surface area contributed by atoms with Gasteiger partial charge in [0.1, 0.15) is 5.78 Å². The highest BCUT2D eigenvalue weighted by molar-refractivity contribution is 5.82. The summed E-state index contributed by atoms with van der Waals surface area (Å²) in [4.78, 5) is 31.2. The number of carboxylic acid groups (broad SMARTS) is 2. The second-order valence-electron chi connectivity index (χ2n) is 2.87. The molecule has 74 valence electrons. The smallest absolute Gasteiger partial charge is 0.306 e. The molecule has 1 unspecified atom stereocenters. The highest BCUT2D eigenvalue weighted by Gasteiger charge is 2.19. The van der Waals surface area contributed by atoms with E-state index in [4.69, 9.17) is 10.2 Å². The molecule has 5 nitrogen and oxygen atoms in total. The van der Waals surface area contributed by atoms with Gasteiger partial charge in [0.15, 0.2) is 0 Å². The third-order valence-electron chi connectivity index (χ3n) is 1.59. The molecule has 0 aliphatic carbocycles. The molecule has 0 aliphatic heterocycles.